The van der Waals surface area contributed by atoms with Gasteiger partial charge in [0.1, 0.15) is 5.82 Å². The maximum absolute atomic E-state index is 6.29. The summed E-state index contributed by atoms with van der Waals surface area (Å²) in [5.74, 6) is 0.843. The molecule has 0 unspecified atom stereocenters. The van der Waals surface area contributed by atoms with Gasteiger partial charge in [-0.1, -0.05) is 48.9 Å². The third kappa shape index (κ3) is 3.95. The van der Waals surface area contributed by atoms with Crippen LogP contribution in [0, 0.1) is 0 Å². The van der Waals surface area contributed by atoms with E-state index in [1.807, 2.05) is 12.1 Å². The van der Waals surface area contributed by atoms with E-state index in [1.54, 1.807) is 6.20 Å². The maximum Gasteiger partial charge on any atom is 0.147 e. The Kier molecular flexibility index (Phi) is 5.23. The molecule has 1 aromatic carbocycles. The van der Waals surface area contributed by atoms with Crippen molar-refractivity contribution in [1.82, 2.24) is 4.98 Å². The highest BCUT2D eigenvalue weighted by molar-refractivity contribution is 9.10. The van der Waals surface area contributed by atoms with Crippen molar-refractivity contribution < 1.29 is 0 Å². The molecule has 19 heavy (non-hydrogen) atoms. The molecule has 2 rings (SSSR count). The van der Waals surface area contributed by atoms with Crippen LogP contribution in [-0.4, -0.2) is 11.5 Å². The summed E-state index contributed by atoms with van der Waals surface area (Å²) in [4.78, 5) is 6.65. The minimum absolute atomic E-state index is 0.679. The van der Waals surface area contributed by atoms with Gasteiger partial charge in [0.25, 0.3) is 0 Å². The van der Waals surface area contributed by atoms with Crippen LogP contribution in [-0.2, 0) is 6.54 Å². The van der Waals surface area contributed by atoms with Crippen LogP contribution in [0.2, 0.25) is 5.02 Å². The molecule has 0 radical (unpaired) electrons. The molecule has 0 aliphatic rings. The number of aromatic nitrogens is 1. The van der Waals surface area contributed by atoms with Gasteiger partial charge in [0.05, 0.1) is 5.02 Å². The van der Waals surface area contributed by atoms with Gasteiger partial charge >= 0.3 is 0 Å². The Morgan fingerprint density at radius 2 is 2.00 bits per heavy atom. The van der Waals surface area contributed by atoms with E-state index in [1.165, 1.54) is 5.56 Å². The molecule has 0 aliphatic carbocycles. The number of rotatable bonds is 5. The highest BCUT2D eigenvalue weighted by Crippen LogP contribution is 2.27. The summed E-state index contributed by atoms with van der Waals surface area (Å²) in [6.07, 6.45) is 2.84. The van der Waals surface area contributed by atoms with Crippen LogP contribution in [0.4, 0.5) is 5.82 Å². The Hall–Kier alpha value is -1.06. The zero-order valence-corrected chi connectivity index (χ0v) is 13.2. The fourth-order valence-corrected chi connectivity index (χ4v) is 2.72. The molecule has 2 nitrogen and oxygen atoms in total. The Morgan fingerprint density at radius 3 is 2.63 bits per heavy atom. The van der Waals surface area contributed by atoms with Gasteiger partial charge in [-0.25, -0.2) is 4.98 Å². The number of halogens is 2. The van der Waals surface area contributed by atoms with E-state index in [0.29, 0.717) is 5.02 Å². The van der Waals surface area contributed by atoms with Gasteiger partial charge in [-0.05, 0) is 34.0 Å². The number of anilines is 1. The number of hydrogen-bond acceptors (Lipinski definition) is 2. The van der Waals surface area contributed by atoms with Crippen molar-refractivity contribution in [2.75, 3.05) is 11.4 Å². The Labute approximate surface area is 127 Å². The van der Waals surface area contributed by atoms with E-state index in [4.69, 9.17) is 11.6 Å². The summed E-state index contributed by atoms with van der Waals surface area (Å²) in [5.41, 5.74) is 1.26. The van der Waals surface area contributed by atoms with Crippen LogP contribution in [0.15, 0.2) is 47.1 Å². The molecule has 0 saturated carbocycles. The lowest BCUT2D eigenvalue weighted by Gasteiger charge is -2.24. The van der Waals surface area contributed by atoms with E-state index < -0.39 is 0 Å². The van der Waals surface area contributed by atoms with Gasteiger partial charge in [0.15, 0.2) is 0 Å². The monoisotopic (exact) mass is 338 g/mol. The minimum Gasteiger partial charge on any atom is -0.351 e. The van der Waals surface area contributed by atoms with Gasteiger partial charge in [-0.15, -0.1) is 0 Å². The van der Waals surface area contributed by atoms with Gasteiger partial charge in [-0.3, -0.25) is 0 Å². The summed E-state index contributed by atoms with van der Waals surface area (Å²) in [6, 6.07) is 12.3. The molecule has 0 N–H and O–H groups in total. The molecule has 1 heterocycles. The zero-order chi connectivity index (χ0) is 13.7. The standard InChI is InChI=1S/C15H16BrClN2/c1-2-8-19(11-12-6-4-3-5-7-12)15-14(17)9-13(16)10-18-15/h3-7,9-10H,2,8,11H2,1H3. The van der Waals surface area contributed by atoms with Crippen molar-refractivity contribution in [3.63, 3.8) is 0 Å². The van der Waals surface area contributed by atoms with Crippen LogP contribution < -0.4 is 4.90 Å². The maximum atomic E-state index is 6.29. The zero-order valence-electron chi connectivity index (χ0n) is 10.8. The van der Waals surface area contributed by atoms with Crippen molar-refractivity contribution in [1.29, 1.82) is 0 Å². The predicted molar refractivity (Wildman–Crippen MR) is 84.7 cm³/mol. The quantitative estimate of drug-likeness (QED) is 0.769. The van der Waals surface area contributed by atoms with E-state index in [-0.39, 0.29) is 0 Å². The molecular weight excluding hydrogens is 324 g/mol. The van der Waals surface area contributed by atoms with Crippen LogP contribution in [0.3, 0.4) is 0 Å². The summed E-state index contributed by atoms with van der Waals surface area (Å²) in [7, 11) is 0. The molecule has 0 fully saturated rings. The Balaban J connectivity index is 2.24. The van der Waals surface area contributed by atoms with Gasteiger partial charge in [0.2, 0.25) is 0 Å². The average molecular weight is 340 g/mol. The molecule has 4 heteroatoms. The summed E-state index contributed by atoms with van der Waals surface area (Å²) < 4.78 is 0.900. The normalized spacial score (nSPS) is 10.5. The molecule has 0 aliphatic heterocycles. The first kappa shape index (κ1) is 14.4. The highest BCUT2D eigenvalue weighted by Gasteiger charge is 2.12. The highest BCUT2D eigenvalue weighted by atomic mass is 79.9. The Morgan fingerprint density at radius 1 is 1.26 bits per heavy atom. The molecule has 0 amide bonds. The predicted octanol–water partition coefficient (Wildman–Crippen LogP) is 4.91. The number of hydrogen-bond donors (Lipinski definition) is 0. The molecular formula is C15H16BrClN2. The molecule has 1 aromatic heterocycles. The molecule has 2 aromatic rings. The number of nitrogens with zero attached hydrogens (tertiary/aromatic N) is 2. The van der Waals surface area contributed by atoms with Gasteiger partial charge in [-0.2, -0.15) is 0 Å². The number of pyridine rings is 1. The molecule has 0 atom stereocenters. The van der Waals surface area contributed by atoms with Crippen molar-refractivity contribution in [3.05, 3.63) is 57.7 Å². The first-order valence-corrected chi connectivity index (χ1v) is 7.47. The second-order valence-corrected chi connectivity index (χ2v) is 5.69. The van der Waals surface area contributed by atoms with E-state index in [9.17, 15) is 0 Å². The fraction of sp³-hybridized carbons (Fsp3) is 0.267. The van der Waals surface area contributed by atoms with Crippen molar-refractivity contribution >= 4 is 33.3 Å². The third-order valence-electron chi connectivity index (χ3n) is 2.80. The molecule has 0 saturated heterocycles. The first-order chi connectivity index (χ1) is 9.20. The number of benzene rings is 1. The second-order valence-electron chi connectivity index (χ2n) is 4.37. The van der Waals surface area contributed by atoms with Crippen molar-refractivity contribution in [2.24, 2.45) is 0 Å². The average Bonchev–Trinajstić information content (AvgIpc) is 2.39. The van der Waals surface area contributed by atoms with Crippen LogP contribution in [0.1, 0.15) is 18.9 Å². The van der Waals surface area contributed by atoms with E-state index >= 15 is 0 Å². The van der Waals surface area contributed by atoms with E-state index in [0.717, 1.165) is 29.8 Å². The first-order valence-electron chi connectivity index (χ1n) is 6.30. The third-order valence-corrected chi connectivity index (χ3v) is 3.51. The molecule has 0 spiro atoms. The smallest absolute Gasteiger partial charge is 0.147 e. The van der Waals surface area contributed by atoms with Crippen LogP contribution in [0.5, 0.6) is 0 Å². The lowest BCUT2D eigenvalue weighted by atomic mass is 10.2. The van der Waals surface area contributed by atoms with Crippen molar-refractivity contribution in [2.45, 2.75) is 19.9 Å². The van der Waals surface area contributed by atoms with Crippen molar-refractivity contribution in [3.8, 4) is 0 Å². The minimum atomic E-state index is 0.679. The van der Waals surface area contributed by atoms with Gasteiger partial charge < -0.3 is 4.90 Å². The summed E-state index contributed by atoms with van der Waals surface area (Å²) in [6.45, 7) is 3.91. The lowest BCUT2D eigenvalue weighted by molar-refractivity contribution is 0.754. The van der Waals surface area contributed by atoms with E-state index in [2.05, 4.69) is 57.0 Å². The summed E-state index contributed by atoms with van der Waals surface area (Å²) in [5, 5.41) is 0.679. The second kappa shape index (κ2) is 6.92. The van der Waals surface area contributed by atoms with Gasteiger partial charge in [0, 0.05) is 23.8 Å². The molecule has 100 valence electrons. The molecule has 0 bridgehead atoms. The van der Waals surface area contributed by atoms with Crippen LogP contribution in [0.25, 0.3) is 0 Å². The lowest BCUT2D eigenvalue weighted by Crippen LogP contribution is -2.24. The van der Waals surface area contributed by atoms with Crippen LogP contribution >= 0.6 is 27.5 Å². The summed E-state index contributed by atoms with van der Waals surface area (Å²) >= 11 is 9.68. The topological polar surface area (TPSA) is 16.1 Å². The largest absolute Gasteiger partial charge is 0.351 e. The fourth-order valence-electron chi connectivity index (χ4n) is 1.97. The Bertz CT molecular complexity index is 531. The SMILES string of the molecule is CCCN(Cc1ccccc1)c1ncc(Br)cc1Cl.